The summed E-state index contributed by atoms with van der Waals surface area (Å²) in [5, 5.41) is 12.0. The normalized spacial score (nSPS) is 10.9. The molecule has 0 aromatic heterocycles. The second kappa shape index (κ2) is 5.62. The van der Waals surface area contributed by atoms with Gasteiger partial charge in [-0.1, -0.05) is 0 Å². The average molecular weight is 253 g/mol. The number of benzene rings is 1. The Bertz CT molecular complexity index is 429. The van der Waals surface area contributed by atoms with Gasteiger partial charge in [0, 0.05) is 11.6 Å². The van der Waals surface area contributed by atoms with Crippen LogP contribution in [0, 0.1) is 0 Å². The van der Waals surface area contributed by atoms with Crippen molar-refractivity contribution in [2.75, 3.05) is 19.5 Å². The second-order valence-corrected chi connectivity index (χ2v) is 4.65. The maximum Gasteiger partial charge on any atom is 0.305 e. The van der Waals surface area contributed by atoms with Crippen molar-refractivity contribution in [3.8, 4) is 11.5 Å². The Morgan fingerprint density at radius 1 is 1.33 bits per heavy atom. The zero-order chi connectivity index (χ0) is 13.8. The van der Waals surface area contributed by atoms with E-state index in [1.54, 1.807) is 32.4 Å². The van der Waals surface area contributed by atoms with E-state index < -0.39 is 11.5 Å². The SMILES string of the molecule is COc1ccc(OC)c(NC(C)(C)CC(=O)O)c1. The highest BCUT2D eigenvalue weighted by Crippen LogP contribution is 2.31. The van der Waals surface area contributed by atoms with E-state index in [0.29, 0.717) is 17.2 Å². The van der Waals surface area contributed by atoms with Gasteiger partial charge in [0.05, 0.1) is 26.3 Å². The number of ether oxygens (including phenoxy) is 2. The molecule has 1 rings (SSSR count). The predicted octanol–water partition coefficient (Wildman–Crippen LogP) is 2.37. The first-order chi connectivity index (χ1) is 8.38. The molecule has 0 aliphatic rings. The molecule has 0 aliphatic heterocycles. The highest BCUT2D eigenvalue weighted by molar-refractivity contribution is 5.70. The van der Waals surface area contributed by atoms with Crippen LogP contribution in [-0.4, -0.2) is 30.8 Å². The van der Waals surface area contributed by atoms with E-state index in [2.05, 4.69) is 5.32 Å². The van der Waals surface area contributed by atoms with E-state index in [-0.39, 0.29) is 6.42 Å². The topological polar surface area (TPSA) is 67.8 Å². The largest absolute Gasteiger partial charge is 0.497 e. The van der Waals surface area contributed by atoms with Gasteiger partial charge in [-0.05, 0) is 26.0 Å². The molecule has 5 nitrogen and oxygen atoms in total. The van der Waals surface area contributed by atoms with E-state index in [1.165, 1.54) is 0 Å². The second-order valence-electron chi connectivity index (χ2n) is 4.65. The fourth-order valence-corrected chi connectivity index (χ4v) is 1.70. The fraction of sp³-hybridized carbons (Fsp3) is 0.462. The molecule has 0 fully saturated rings. The molecule has 0 amide bonds. The number of rotatable bonds is 6. The highest BCUT2D eigenvalue weighted by Gasteiger charge is 2.23. The van der Waals surface area contributed by atoms with Gasteiger partial charge in [0.1, 0.15) is 11.5 Å². The molecule has 0 saturated carbocycles. The lowest BCUT2D eigenvalue weighted by molar-refractivity contribution is -0.137. The Kier molecular flexibility index (Phi) is 4.42. The average Bonchev–Trinajstić information content (AvgIpc) is 2.26. The standard InChI is InChI=1S/C13H19NO4/c1-13(2,8-12(15)16)14-10-7-9(17-3)5-6-11(10)18-4/h5-7,14H,8H2,1-4H3,(H,15,16). The van der Waals surface area contributed by atoms with Gasteiger partial charge in [-0.15, -0.1) is 0 Å². The Labute approximate surface area is 107 Å². The van der Waals surface area contributed by atoms with Crippen molar-refractivity contribution in [2.24, 2.45) is 0 Å². The van der Waals surface area contributed by atoms with Gasteiger partial charge >= 0.3 is 5.97 Å². The summed E-state index contributed by atoms with van der Waals surface area (Å²) in [5.41, 5.74) is 0.133. The molecule has 0 unspecified atom stereocenters. The maximum absolute atomic E-state index is 10.8. The van der Waals surface area contributed by atoms with Crippen LogP contribution in [0.3, 0.4) is 0 Å². The number of carboxylic acid groups (broad SMARTS) is 1. The van der Waals surface area contributed by atoms with Gasteiger partial charge in [0.15, 0.2) is 0 Å². The van der Waals surface area contributed by atoms with Crippen LogP contribution in [0.5, 0.6) is 11.5 Å². The molecule has 0 radical (unpaired) electrons. The van der Waals surface area contributed by atoms with E-state index in [4.69, 9.17) is 14.6 Å². The molecule has 18 heavy (non-hydrogen) atoms. The molecule has 0 spiro atoms. The lowest BCUT2D eigenvalue weighted by Gasteiger charge is -2.27. The molecule has 100 valence electrons. The minimum Gasteiger partial charge on any atom is -0.497 e. The number of nitrogens with one attached hydrogen (secondary N) is 1. The maximum atomic E-state index is 10.8. The van der Waals surface area contributed by atoms with Gasteiger partial charge in [-0.25, -0.2) is 0 Å². The van der Waals surface area contributed by atoms with E-state index in [0.717, 1.165) is 0 Å². The number of aliphatic carboxylic acids is 1. The van der Waals surface area contributed by atoms with Crippen molar-refractivity contribution < 1.29 is 19.4 Å². The molecule has 0 bridgehead atoms. The molecule has 0 saturated heterocycles. The summed E-state index contributed by atoms with van der Waals surface area (Å²) < 4.78 is 10.4. The third kappa shape index (κ3) is 3.84. The van der Waals surface area contributed by atoms with Crippen LogP contribution < -0.4 is 14.8 Å². The van der Waals surface area contributed by atoms with Crippen molar-refractivity contribution >= 4 is 11.7 Å². The first kappa shape index (κ1) is 14.2. The Morgan fingerprint density at radius 2 is 2.00 bits per heavy atom. The number of hydrogen-bond acceptors (Lipinski definition) is 4. The van der Waals surface area contributed by atoms with Crippen LogP contribution in [0.4, 0.5) is 5.69 Å². The van der Waals surface area contributed by atoms with E-state index >= 15 is 0 Å². The van der Waals surface area contributed by atoms with Gasteiger partial charge in [-0.3, -0.25) is 4.79 Å². The van der Waals surface area contributed by atoms with Crippen molar-refractivity contribution in [1.29, 1.82) is 0 Å². The zero-order valence-electron chi connectivity index (χ0n) is 11.1. The molecule has 1 aromatic carbocycles. The third-order valence-electron chi connectivity index (χ3n) is 2.47. The zero-order valence-corrected chi connectivity index (χ0v) is 11.1. The monoisotopic (exact) mass is 253 g/mol. The molecule has 0 aliphatic carbocycles. The fourth-order valence-electron chi connectivity index (χ4n) is 1.70. The quantitative estimate of drug-likeness (QED) is 0.814. The van der Waals surface area contributed by atoms with E-state index in [9.17, 15) is 4.79 Å². The molecular weight excluding hydrogens is 234 g/mol. The third-order valence-corrected chi connectivity index (χ3v) is 2.47. The van der Waals surface area contributed by atoms with Crippen LogP contribution in [0.2, 0.25) is 0 Å². The molecule has 1 aromatic rings. The van der Waals surface area contributed by atoms with Crippen molar-refractivity contribution in [1.82, 2.24) is 0 Å². The van der Waals surface area contributed by atoms with Crippen LogP contribution in [-0.2, 0) is 4.79 Å². The number of anilines is 1. The first-order valence-electron chi connectivity index (χ1n) is 5.60. The van der Waals surface area contributed by atoms with Gasteiger partial charge in [-0.2, -0.15) is 0 Å². The van der Waals surface area contributed by atoms with Crippen LogP contribution in [0.25, 0.3) is 0 Å². The molecule has 5 heteroatoms. The summed E-state index contributed by atoms with van der Waals surface area (Å²) in [5.74, 6) is 0.480. The molecular formula is C13H19NO4. The summed E-state index contributed by atoms with van der Waals surface area (Å²) in [7, 11) is 3.14. The summed E-state index contributed by atoms with van der Waals surface area (Å²) in [6.45, 7) is 3.64. The van der Waals surface area contributed by atoms with E-state index in [1.807, 2.05) is 13.8 Å². The number of carboxylic acids is 1. The summed E-state index contributed by atoms with van der Waals surface area (Å²) >= 11 is 0. The van der Waals surface area contributed by atoms with Crippen molar-refractivity contribution in [3.63, 3.8) is 0 Å². The predicted molar refractivity (Wildman–Crippen MR) is 69.5 cm³/mol. The molecule has 0 atom stereocenters. The Morgan fingerprint density at radius 3 is 2.50 bits per heavy atom. The smallest absolute Gasteiger partial charge is 0.305 e. The summed E-state index contributed by atoms with van der Waals surface area (Å²) in [6, 6.07) is 5.34. The number of carbonyl (C=O) groups is 1. The molecule has 2 N–H and O–H groups in total. The van der Waals surface area contributed by atoms with Crippen molar-refractivity contribution in [3.05, 3.63) is 18.2 Å². The van der Waals surface area contributed by atoms with Crippen LogP contribution in [0.15, 0.2) is 18.2 Å². The Hall–Kier alpha value is -1.91. The lowest BCUT2D eigenvalue weighted by Crippen LogP contribution is -2.33. The minimum absolute atomic E-state index is 0.00731. The molecule has 0 heterocycles. The minimum atomic E-state index is -0.852. The van der Waals surface area contributed by atoms with Crippen molar-refractivity contribution in [2.45, 2.75) is 25.8 Å². The summed E-state index contributed by atoms with van der Waals surface area (Å²) in [6.07, 6.45) is 0.00731. The number of hydrogen-bond donors (Lipinski definition) is 2. The Balaban J connectivity index is 2.97. The van der Waals surface area contributed by atoms with Crippen LogP contribution in [0.1, 0.15) is 20.3 Å². The van der Waals surface area contributed by atoms with Gasteiger partial charge < -0.3 is 19.9 Å². The van der Waals surface area contributed by atoms with Gasteiger partial charge in [0.25, 0.3) is 0 Å². The lowest BCUT2D eigenvalue weighted by atomic mass is 10.00. The summed E-state index contributed by atoms with van der Waals surface area (Å²) in [4.78, 5) is 10.8. The van der Waals surface area contributed by atoms with Gasteiger partial charge in [0.2, 0.25) is 0 Å². The number of methoxy groups -OCH3 is 2. The first-order valence-corrected chi connectivity index (χ1v) is 5.60. The van der Waals surface area contributed by atoms with Crippen LogP contribution >= 0.6 is 0 Å². The highest BCUT2D eigenvalue weighted by atomic mass is 16.5.